The number of esters is 2. The lowest BCUT2D eigenvalue weighted by Gasteiger charge is -2.02. The van der Waals surface area contributed by atoms with E-state index in [-0.39, 0.29) is 6.42 Å². The molecule has 0 radical (unpaired) electrons. The van der Waals surface area contributed by atoms with Crippen LogP contribution >= 0.6 is 0 Å². The molecular weight excluding hydrogens is 160 g/mol. The molecule has 0 atom stereocenters. The summed E-state index contributed by atoms with van der Waals surface area (Å²) in [5.74, 6) is -1.05. The molecule has 0 unspecified atom stereocenters. The van der Waals surface area contributed by atoms with Crippen molar-refractivity contribution >= 4 is 11.9 Å². The van der Waals surface area contributed by atoms with E-state index in [9.17, 15) is 9.59 Å². The molecule has 0 saturated carbocycles. The lowest BCUT2D eigenvalue weighted by Crippen LogP contribution is -2.14. The Balaban J connectivity index is 3.47. The average Bonchev–Trinajstić information content (AvgIpc) is 2.01. The summed E-state index contributed by atoms with van der Waals surface area (Å²) in [6.07, 6.45) is 0.475. The number of rotatable bonds is 5. The highest BCUT2D eigenvalue weighted by molar-refractivity contribution is 5.91. The summed E-state index contributed by atoms with van der Waals surface area (Å²) in [4.78, 5) is 21.5. The largest absolute Gasteiger partial charge is 0.466 e. The van der Waals surface area contributed by atoms with E-state index in [4.69, 9.17) is 0 Å². The Hall–Kier alpha value is -1.06. The third-order valence-electron chi connectivity index (χ3n) is 1.06. The molecule has 4 nitrogen and oxygen atoms in total. The predicted molar refractivity (Wildman–Crippen MR) is 42.5 cm³/mol. The van der Waals surface area contributed by atoms with Crippen LogP contribution in [0.2, 0.25) is 0 Å². The molecule has 0 heterocycles. The second kappa shape index (κ2) is 6.64. The SMILES string of the molecule is CCCOC(=O)CC(=O)OCC. The Morgan fingerprint density at radius 3 is 2.17 bits per heavy atom. The lowest BCUT2D eigenvalue weighted by molar-refractivity contribution is -0.154. The molecule has 0 aromatic carbocycles. The lowest BCUT2D eigenvalue weighted by atomic mass is 10.4. The maximum absolute atomic E-state index is 10.8. The zero-order chi connectivity index (χ0) is 9.40. The van der Waals surface area contributed by atoms with Gasteiger partial charge in [-0.15, -0.1) is 0 Å². The first kappa shape index (κ1) is 10.9. The maximum atomic E-state index is 10.8. The van der Waals surface area contributed by atoms with Crippen LogP contribution in [0.25, 0.3) is 0 Å². The van der Waals surface area contributed by atoms with E-state index >= 15 is 0 Å². The third-order valence-corrected chi connectivity index (χ3v) is 1.06. The van der Waals surface area contributed by atoms with Gasteiger partial charge in [0.15, 0.2) is 0 Å². The van der Waals surface area contributed by atoms with Gasteiger partial charge in [0.25, 0.3) is 0 Å². The molecule has 12 heavy (non-hydrogen) atoms. The number of hydrogen-bond acceptors (Lipinski definition) is 4. The van der Waals surface area contributed by atoms with Crippen LogP contribution in [-0.2, 0) is 19.1 Å². The molecule has 0 spiro atoms. The summed E-state index contributed by atoms with van der Waals surface area (Å²) in [7, 11) is 0. The van der Waals surface area contributed by atoms with Crippen LogP contribution < -0.4 is 0 Å². The zero-order valence-electron chi connectivity index (χ0n) is 7.46. The smallest absolute Gasteiger partial charge is 0.317 e. The quantitative estimate of drug-likeness (QED) is 0.459. The van der Waals surface area contributed by atoms with Crippen molar-refractivity contribution in [3.05, 3.63) is 0 Å². The monoisotopic (exact) mass is 174 g/mol. The van der Waals surface area contributed by atoms with Gasteiger partial charge in [-0.3, -0.25) is 9.59 Å². The Morgan fingerprint density at radius 1 is 1.08 bits per heavy atom. The standard InChI is InChI=1S/C8H14O4/c1-3-5-12-8(10)6-7(9)11-4-2/h3-6H2,1-2H3. The number of hydrogen-bond donors (Lipinski definition) is 0. The van der Waals surface area contributed by atoms with E-state index in [2.05, 4.69) is 9.47 Å². The van der Waals surface area contributed by atoms with Gasteiger partial charge in [-0.05, 0) is 13.3 Å². The molecule has 0 aliphatic rings. The minimum absolute atomic E-state index is 0.284. The van der Waals surface area contributed by atoms with Gasteiger partial charge in [0.1, 0.15) is 6.42 Å². The summed E-state index contributed by atoms with van der Waals surface area (Å²) >= 11 is 0. The van der Waals surface area contributed by atoms with Crippen molar-refractivity contribution in [2.24, 2.45) is 0 Å². The summed E-state index contributed by atoms with van der Waals surface area (Å²) in [6.45, 7) is 4.23. The van der Waals surface area contributed by atoms with Crippen LogP contribution in [0.1, 0.15) is 26.7 Å². The fourth-order valence-corrected chi connectivity index (χ4v) is 0.597. The predicted octanol–water partition coefficient (Wildman–Crippen LogP) is 0.893. The van der Waals surface area contributed by atoms with Crippen molar-refractivity contribution in [3.8, 4) is 0 Å². The van der Waals surface area contributed by atoms with Crippen molar-refractivity contribution in [1.29, 1.82) is 0 Å². The van der Waals surface area contributed by atoms with Crippen LogP contribution in [0.4, 0.5) is 0 Å². The Labute approximate surface area is 71.8 Å². The highest BCUT2D eigenvalue weighted by Gasteiger charge is 2.10. The molecule has 0 aromatic rings. The van der Waals surface area contributed by atoms with Gasteiger partial charge in [-0.2, -0.15) is 0 Å². The average molecular weight is 174 g/mol. The van der Waals surface area contributed by atoms with E-state index in [0.29, 0.717) is 13.2 Å². The Bertz CT molecular complexity index is 153. The Kier molecular flexibility index (Phi) is 6.05. The molecule has 0 N–H and O–H groups in total. The number of carbonyl (C=O) groups excluding carboxylic acids is 2. The van der Waals surface area contributed by atoms with Crippen molar-refractivity contribution in [2.75, 3.05) is 13.2 Å². The van der Waals surface area contributed by atoms with E-state index in [1.54, 1.807) is 6.92 Å². The van der Waals surface area contributed by atoms with Crippen LogP contribution in [0.15, 0.2) is 0 Å². The molecule has 0 bridgehead atoms. The summed E-state index contributed by atoms with van der Waals surface area (Å²) in [5.41, 5.74) is 0. The fraction of sp³-hybridized carbons (Fsp3) is 0.750. The maximum Gasteiger partial charge on any atom is 0.317 e. The topological polar surface area (TPSA) is 52.6 Å². The fourth-order valence-electron chi connectivity index (χ4n) is 0.597. The van der Waals surface area contributed by atoms with Crippen LogP contribution in [-0.4, -0.2) is 25.2 Å². The third kappa shape index (κ3) is 5.70. The molecular formula is C8H14O4. The summed E-state index contributed by atoms with van der Waals surface area (Å²) < 4.78 is 9.22. The van der Waals surface area contributed by atoms with Gasteiger partial charge in [0, 0.05) is 0 Å². The van der Waals surface area contributed by atoms with Crippen LogP contribution in [0.3, 0.4) is 0 Å². The molecule has 0 rings (SSSR count). The number of ether oxygens (including phenoxy) is 2. The van der Waals surface area contributed by atoms with Gasteiger partial charge in [-0.1, -0.05) is 6.92 Å². The van der Waals surface area contributed by atoms with Gasteiger partial charge in [0.2, 0.25) is 0 Å². The molecule has 0 fully saturated rings. The van der Waals surface area contributed by atoms with E-state index in [0.717, 1.165) is 6.42 Å². The first-order valence-electron chi connectivity index (χ1n) is 4.02. The second-order valence-electron chi connectivity index (χ2n) is 2.20. The first-order valence-corrected chi connectivity index (χ1v) is 4.02. The van der Waals surface area contributed by atoms with E-state index < -0.39 is 11.9 Å². The highest BCUT2D eigenvalue weighted by atomic mass is 16.6. The Morgan fingerprint density at radius 2 is 1.67 bits per heavy atom. The molecule has 4 heteroatoms. The minimum atomic E-state index is -0.529. The molecule has 0 aliphatic heterocycles. The molecule has 0 saturated heterocycles. The summed E-state index contributed by atoms with van der Waals surface area (Å²) in [6, 6.07) is 0. The molecule has 0 amide bonds. The zero-order valence-corrected chi connectivity index (χ0v) is 7.46. The highest BCUT2D eigenvalue weighted by Crippen LogP contribution is 1.91. The first-order chi connectivity index (χ1) is 5.70. The summed E-state index contributed by atoms with van der Waals surface area (Å²) in [5, 5.41) is 0. The second-order valence-corrected chi connectivity index (χ2v) is 2.20. The number of carbonyl (C=O) groups is 2. The normalized spacial score (nSPS) is 9.17. The molecule has 0 aromatic heterocycles. The van der Waals surface area contributed by atoms with Gasteiger partial charge >= 0.3 is 11.9 Å². The van der Waals surface area contributed by atoms with Crippen molar-refractivity contribution in [2.45, 2.75) is 26.7 Å². The van der Waals surface area contributed by atoms with Gasteiger partial charge in [-0.25, -0.2) is 0 Å². The van der Waals surface area contributed by atoms with Crippen LogP contribution in [0.5, 0.6) is 0 Å². The van der Waals surface area contributed by atoms with Crippen molar-refractivity contribution < 1.29 is 19.1 Å². The van der Waals surface area contributed by atoms with Gasteiger partial charge < -0.3 is 9.47 Å². The minimum Gasteiger partial charge on any atom is -0.466 e. The van der Waals surface area contributed by atoms with E-state index in [1.807, 2.05) is 6.92 Å². The molecule has 70 valence electrons. The van der Waals surface area contributed by atoms with Crippen LogP contribution in [0, 0.1) is 0 Å². The van der Waals surface area contributed by atoms with Crippen molar-refractivity contribution in [3.63, 3.8) is 0 Å². The van der Waals surface area contributed by atoms with Gasteiger partial charge in [0.05, 0.1) is 13.2 Å². The van der Waals surface area contributed by atoms with Crippen molar-refractivity contribution in [1.82, 2.24) is 0 Å². The van der Waals surface area contributed by atoms with E-state index in [1.165, 1.54) is 0 Å². The molecule has 0 aliphatic carbocycles.